The Morgan fingerprint density at radius 3 is 2.62 bits per heavy atom. The van der Waals surface area contributed by atoms with Crippen LogP contribution in [0.3, 0.4) is 0 Å². The van der Waals surface area contributed by atoms with Gasteiger partial charge in [-0.2, -0.15) is 0 Å². The van der Waals surface area contributed by atoms with Gasteiger partial charge in [0.25, 0.3) is 5.69 Å². The Bertz CT molecular complexity index is 525. The zero-order valence-electron chi connectivity index (χ0n) is 11.3. The number of carboxylic acid groups (broad SMARTS) is 1. The number of carbonyl (C=O) groups is 1. The van der Waals surface area contributed by atoms with Gasteiger partial charge in [-0.05, 0) is 28.8 Å². The molecule has 0 fully saturated rings. The predicted molar refractivity (Wildman–Crippen MR) is 80.0 cm³/mol. The number of aliphatic carboxylic acids is 1. The number of hydrogen-bond donors (Lipinski definition) is 2. The van der Waals surface area contributed by atoms with Gasteiger partial charge in [0.2, 0.25) is 0 Å². The van der Waals surface area contributed by atoms with Crippen LogP contribution in [0.15, 0.2) is 16.6 Å². The molecule has 0 saturated heterocycles. The lowest BCUT2D eigenvalue weighted by Crippen LogP contribution is -2.05. The van der Waals surface area contributed by atoms with Crippen molar-refractivity contribution in [1.82, 2.24) is 0 Å². The van der Waals surface area contributed by atoms with Gasteiger partial charge in [0.1, 0.15) is 11.5 Å². The molecule has 0 amide bonds. The Morgan fingerprint density at radius 1 is 1.33 bits per heavy atom. The van der Waals surface area contributed by atoms with Gasteiger partial charge in [-0.1, -0.05) is 12.8 Å². The van der Waals surface area contributed by atoms with Crippen molar-refractivity contribution < 1.29 is 19.2 Å². The summed E-state index contributed by atoms with van der Waals surface area (Å²) >= 11 is 2.92. The zero-order valence-corrected chi connectivity index (χ0v) is 12.9. The molecule has 0 atom stereocenters. The van der Waals surface area contributed by atoms with E-state index in [0.717, 1.165) is 31.4 Å². The maximum Gasteiger partial charge on any atom is 0.303 e. The Morgan fingerprint density at radius 2 is 2.00 bits per heavy atom. The highest BCUT2D eigenvalue weighted by Gasteiger charge is 2.17. The monoisotopic (exact) mass is 362 g/mol. The van der Waals surface area contributed by atoms with Gasteiger partial charge in [-0.15, -0.1) is 0 Å². The molecule has 0 heterocycles. The summed E-state index contributed by atoms with van der Waals surface area (Å²) in [4.78, 5) is 20.6. The van der Waals surface area contributed by atoms with Crippen molar-refractivity contribution in [2.75, 3.05) is 11.9 Å². The molecule has 0 radical (unpaired) electrons. The summed E-state index contributed by atoms with van der Waals surface area (Å²) in [7, 11) is 0. The quantitative estimate of drug-likeness (QED) is 0.394. The maximum absolute atomic E-state index is 13.4. The summed E-state index contributed by atoms with van der Waals surface area (Å²) in [5.74, 6) is -1.38. The Balaban J connectivity index is 2.43. The van der Waals surface area contributed by atoms with E-state index in [1.807, 2.05) is 0 Å². The summed E-state index contributed by atoms with van der Waals surface area (Å²) < 4.78 is 13.5. The van der Waals surface area contributed by atoms with Crippen LogP contribution in [0, 0.1) is 15.9 Å². The fourth-order valence-electron chi connectivity index (χ4n) is 1.81. The molecule has 1 aromatic rings. The number of nitrogens with one attached hydrogen (secondary N) is 1. The molecule has 1 aromatic carbocycles. The Labute approximate surface area is 129 Å². The molecule has 0 saturated carbocycles. The van der Waals surface area contributed by atoms with Gasteiger partial charge in [0.15, 0.2) is 0 Å². The molecular formula is C13H16BrFN2O4. The van der Waals surface area contributed by atoms with Crippen LogP contribution in [0.2, 0.25) is 0 Å². The molecular weight excluding hydrogens is 347 g/mol. The number of nitro groups is 1. The fourth-order valence-corrected chi connectivity index (χ4v) is 2.14. The lowest BCUT2D eigenvalue weighted by molar-refractivity contribution is -0.384. The van der Waals surface area contributed by atoms with Crippen LogP contribution in [0.4, 0.5) is 15.8 Å². The van der Waals surface area contributed by atoms with Crippen molar-refractivity contribution in [2.45, 2.75) is 32.1 Å². The van der Waals surface area contributed by atoms with E-state index >= 15 is 0 Å². The minimum Gasteiger partial charge on any atom is -0.481 e. The lowest BCUT2D eigenvalue weighted by atomic mass is 10.1. The number of anilines is 1. The van der Waals surface area contributed by atoms with Gasteiger partial charge >= 0.3 is 5.97 Å². The number of unbranched alkanes of at least 4 members (excludes halogenated alkanes) is 3. The van der Waals surface area contributed by atoms with Crippen molar-refractivity contribution in [3.8, 4) is 0 Å². The SMILES string of the molecule is O=C(O)CCCCCCNc1cc(F)c(Br)cc1[N+](=O)[O-]. The summed E-state index contributed by atoms with van der Waals surface area (Å²) in [5.41, 5.74) is -0.0413. The molecule has 6 nitrogen and oxygen atoms in total. The highest BCUT2D eigenvalue weighted by atomic mass is 79.9. The van der Waals surface area contributed by atoms with Gasteiger partial charge in [0.05, 0.1) is 9.40 Å². The molecule has 1 rings (SSSR count). The lowest BCUT2D eigenvalue weighted by Gasteiger charge is -2.08. The fraction of sp³-hybridized carbons (Fsp3) is 0.462. The molecule has 2 N–H and O–H groups in total. The van der Waals surface area contributed by atoms with Crippen molar-refractivity contribution in [2.24, 2.45) is 0 Å². The first-order valence-electron chi connectivity index (χ1n) is 6.51. The highest BCUT2D eigenvalue weighted by Crippen LogP contribution is 2.30. The van der Waals surface area contributed by atoms with Gasteiger partial charge in [-0.3, -0.25) is 14.9 Å². The van der Waals surface area contributed by atoms with Crippen LogP contribution in [0.25, 0.3) is 0 Å². The molecule has 0 unspecified atom stereocenters. The first-order chi connectivity index (χ1) is 9.91. The van der Waals surface area contributed by atoms with Crippen LogP contribution in [0.5, 0.6) is 0 Å². The highest BCUT2D eigenvalue weighted by molar-refractivity contribution is 9.10. The molecule has 116 valence electrons. The number of nitrogens with zero attached hydrogens (tertiary/aromatic N) is 1. The molecule has 0 aliphatic rings. The summed E-state index contributed by atoms with van der Waals surface area (Å²) in [6, 6.07) is 2.22. The minimum absolute atomic E-state index is 0.0495. The summed E-state index contributed by atoms with van der Waals surface area (Å²) in [5, 5.41) is 22.2. The number of carboxylic acids is 1. The third-order valence-electron chi connectivity index (χ3n) is 2.87. The minimum atomic E-state index is -0.811. The van der Waals surface area contributed by atoms with E-state index < -0.39 is 16.7 Å². The van der Waals surface area contributed by atoms with Crippen LogP contribution >= 0.6 is 15.9 Å². The first-order valence-corrected chi connectivity index (χ1v) is 7.30. The number of benzene rings is 1. The third-order valence-corrected chi connectivity index (χ3v) is 3.48. The summed E-state index contributed by atoms with van der Waals surface area (Å²) in [6.45, 7) is 0.467. The van der Waals surface area contributed by atoms with Crippen molar-refractivity contribution in [3.63, 3.8) is 0 Å². The molecule has 0 aliphatic heterocycles. The van der Waals surface area contributed by atoms with Gasteiger partial charge in [0, 0.05) is 25.1 Å². The largest absolute Gasteiger partial charge is 0.481 e. The van der Waals surface area contributed by atoms with Gasteiger partial charge in [-0.25, -0.2) is 4.39 Å². The maximum atomic E-state index is 13.4. The second-order valence-corrected chi connectivity index (χ2v) is 5.38. The molecule has 21 heavy (non-hydrogen) atoms. The number of hydrogen-bond acceptors (Lipinski definition) is 4. The van der Waals surface area contributed by atoms with Crippen LogP contribution in [0.1, 0.15) is 32.1 Å². The molecule has 0 aromatic heterocycles. The van der Waals surface area contributed by atoms with Crippen molar-refractivity contribution in [1.29, 1.82) is 0 Å². The van der Waals surface area contributed by atoms with E-state index in [4.69, 9.17) is 5.11 Å². The second-order valence-electron chi connectivity index (χ2n) is 4.53. The Hall–Kier alpha value is -1.70. The van der Waals surface area contributed by atoms with E-state index in [-0.39, 0.29) is 22.3 Å². The van der Waals surface area contributed by atoms with E-state index in [1.54, 1.807) is 0 Å². The average Bonchev–Trinajstić information content (AvgIpc) is 2.40. The van der Waals surface area contributed by atoms with E-state index in [2.05, 4.69) is 21.2 Å². The molecule has 8 heteroatoms. The normalized spacial score (nSPS) is 10.4. The topological polar surface area (TPSA) is 92.5 Å². The smallest absolute Gasteiger partial charge is 0.303 e. The molecule has 0 spiro atoms. The first kappa shape index (κ1) is 17.4. The van der Waals surface area contributed by atoms with Crippen LogP contribution < -0.4 is 5.32 Å². The zero-order chi connectivity index (χ0) is 15.8. The number of halogens is 2. The summed E-state index contributed by atoms with van der Waals surface area (Å²) in [6.07, 6.45) is 3.09. The third kappa shape index (κ3) is 6.07. The van der Waals surface area contributed by atoms with Gasteiger partial charge < -0.3 is 10.4 Å². The molecule has 0 aliphatic carbocycles. The van der Waals surface area contributed by atoms with Crippen LogP contribution in [-0.2, 0) is 4.79 Å². The number of nitro benzene ring substituents is 1. The standard InChI is InChI=1S/C13H16BrFN2O4/c14-9-7-12(17(20)21)11(8-10(9)15)16-6-4-2-1-3-5-13(18)19/h7-8,16H,1-6H2,(H,18,19). The van der Waals surface area contributed by atoms with Crippen molar-refractivity contribution in [3.05, 3.63) is 32.5 Å². The second kappa shape index (κ2) is 8.56. The van der Waals surface area contributed by atoms with E-state index in [9.17, 15) is 19.3 Å². The van der Waals surface area contributed by atoms with E-state index in [0.29, 0.717) is 13.0 Å². The average molecular weight is 363 g/mol. The Kier molecular flexibility index (Phi) is 7.07. The van der Waals surface area contributed by atoms with Crippen molar-refractivity contribution >= 4 is 33.3 Å². The number of rotatable bonds is 9. The predicted octanol–water partition coefficient (Wildman–Crippen LogP) is 3.94. The molecule has 0 bridgehead atoms. The van der Waals surface area contributed by atoms with E-state index in [1.165, 1.54) is 0 Å². The van der Waals surface area contributed by atoms with Crippen LogP contribution in [-0.4, -0.2) is 22.5 Å².